The van der Waals surface area contributed by atoms with E-state index in [9.17, 15) is 18.0 Å². The summed E-state index contributed by atoms with van der Waals surface area (Å²) in [7, 11) is 0. The van der Waals surface area contributed by atoms with Crippen LogP contribution in [0.15, 0.2) is 42.5 Å². The van der Waals surface area contributed by atoms with Gasteiger partial charge in [-0.2, -0.15) is 13.2 Å². The Labute approximate surface area is 184 Å². The number of carboxylic acid groups (broad SMARTS) is 1. The summed E-state index contributed by atoms with van der Waals surface area (Å²) in [6.45, 7) is 0.927. The first kappa shape index (κ1) is 26.8. The quantitative estimate of drug-likeness (QED) is 0.147. The minimum atomic E-state index is -4.01. The van der Waals surface area contributed by atoms with Gasteiger partial charge in [-0.05, 0) is 62.3 Å². The molecule has 0 aliphatic carbocycles. The number of aliphatic carboxylic acids is 1. The third kappa shape index (κ3) is 17.2. The average Bonchev–Trinajstić information content (AvgIpc) is 2.72. The second kappa shape index (κ2) is 16.5. The Morgan fingerprint density at radius 3 is 1.97 bits per heavy atom. The van der Waals surface area contributed by atoms with Gasteiger partial charge in [-0.15, -0.1) is 0 Å². The highest BCUT2D eigenvalue weighted by molar-refractivity contribution is 5.85. The Hall–Kier alpha value is -2.24. The maximum Gasteiger partial charge on any atom is 0.389 e. The third-order valence-corrected chi connectivity index (χ3v) is 4.95. The predicted molar refractivity (Wildman–Crippen MR) is 122 cm³/mol. The van der Waals surface area contributed by atoms with Crippen LogP contribution in [0.2, 0.25) is 0 Å². The van der Waals surface area contributed by atoms with Gasteiger partial charge in [0.25, 0.3) is 0 Å². The molecule has 0 saturated carbocycles. The lowest BCUT2D eigenvalue weighted by Crippen LogP contribution is -2.06. The predicted octanol–water partition coefficient (Wildman–Crippen LogP) is 8.00. The van der Waals surface area contributed by atoms with Gasteiger partial charge >= 0.3 is 12.1 Å². The van der Waals surface area contributed by atoms with Gasteiger partial charge in [-0.1, -0.05) is 56.4 Å². The summed E-state index contributed by atoms with van der Waals surface area (Å²) in [5.41, 5.74) is 1.91. The van der Waals surface area contributed by atoms with Gasteiger partial charge in [0.2, 0.25) is 0 Å². The van der Waals surface area contributed by atoms with E-state index in [2.05, 4.69) is 17.5 Å². The molecular formula is C25H36F3NO2. The molecule has 0 bridgehead atoms. The van der Waals surface area contributed by atoms with E-state index in [-0.39, 0.29) is 6.42 Å². The van der Waals surface area contributed by atoms with Crippen LogP contribution in [0.1, 0.15) is 82.6 Å². The molecule has 3 nitrogen and oxygen atoms in total. The molecule has 0 amide bonds. The molecule has 0 aliphatic rings. The number of benzene rings is 1. The molecule has 0 fully saturated rings. The Morgan fingerprint density at radius 2 is 1.39 bits per heavy atom. The normalized spacial score (nSPS) is 12.1. The number of nitrogens with one attached hydrogen (secondary N) is 1. The van der Waals surface area contributed by atoms with E-state index >= 15 is 0 Å². The van der Waals surface area contributed by atoms with Crippen molar-refractivity contribution in [2.24, 2.45) is 0 Å². The maximum absolute atomic E-state index is 12.0. The number of carbonyl (C=O) groups is 1. The topological polar surface area (TPSA) is 49.3 Å². The van der Waals surface area contributed by atoms with Gasteiger partial charge in [-0.25, -0.2) is 4.79 Å². The molecule has 0 atom stereocenters. The molecule has 0 aliphatic heterocycles. The number of anilines is 1. The Balaban J connectivity index is 1.90. The van der Waals surface area contributed by atoms with Crippen molar-refractivity contribution in [3.63, 3.8) is 0 Å². The standard InChI is InChI=1S/C25H36F3NO2/c26-25(27,28)20-12-10-8-6-4-2-1-3-5-7-9-11-13-21-29-23-17-14-22(15-18-23)16-19-24(30)31/h2,4,14-19,29H,1,3,5-13,20-21H2,(H,30,31). The highest BCUT2D eigenvalue weighted by atomic mass is 19.4. The first-order chi connectivity index (χ1) is 14.9. The van der Waals surface area contributed by atoms with Crippen molar-refractivity contribution < 1.29 is 23.1 Å². The second-order valence-electron chi connectivity index (χ2n) is 7.82. The average molecular weight is 440 g/mol. The fourth-order valence-electron chi connectivity index (χ4n) is 3.21. The van der Waals surface area contributed by atoms with E-state index in [1.165, 1.54) is 32.1 Å². The fourth-order valence-corrected chi connectivity index (χ4v) is 3.21. The molecule has 2 N–H and O–H groups in total. The fraction of sp³-hybridized carbons (Fsp3) is 0.560. The number of halogens is 3. The van der Waals surface area contributed by atoms with E-state index in [0.717, 1.165) is 49.6 Å². The molecule has 0 aromatic heterocycles. The molecule has 6 heteroatoms. The minimum absolute atomic E-state index is 0.241. The number of hydrogen-bond acceptors (Lipinski definition) is 2. The van der Waals surface area contributed by atoms with Crippen LogP contribution in [0.5, 0.6) is 0 Å². The SMILES string of the molecule is O=C(O)C=Cc1ccc(NCCCCCCCCC=CCCCCCC(F)(F)F)cc1. The minimum Gasteiger partial charge on any atom is -0.478 e. The van der Waals surface area contributed by atoms with E-state index in [1.807, 2.05) is 24.3 Å². The maximum atomic E-state index is 12.0. The summed E-state index contributed by atoms with van der Waals surface area (Å²) in [5, 5.41) is 12.0. The largest absolute Gasteiger partial charge is 0.478 e. The van der Waals surface area contributed by atoms with Crippen LogP contribution in [0.25, 0.3) is 6.08 Å². The Morgan fingerprint density at radius 1 is 0.839 bits per heavy atom. The molecule has 0 radical (unpaired) electrons. The van der Waals surface area contributed by atoms with E-state index in [4.69, 9.17) is 5.11 Å². The molecule has 0 saturated heterocycles. The number of allylic oxidation sites excluding steroid dienone is 2. The van der Waals surface area contributed by atoms with Crippen molar-refractivity contribution in [1.29, 1.82) is 0 Å². The molecule has 174 valence electrons. The summed E-state index contributed by atoms with van der Waals surface area (Å²) in [4.78, 5) is 10.5. The third-order valence-electron chi connectivity index (χ3n) is 4.95. The first-order valence-electron chi connectivity index (χ1n) is 11.3. The number of alkyl halides is 3. The van der Waals surface area contributed by atoms with Crippen LogP contribution < -0.4 is 5.32 Å². The lowest BCUT2D eigenvalue weighted by molar-refractivity contribution is -0.135. The van der Waals surface area contributed by atoms with Gasteiger partial charge < -0.3 is 10.4 Å². The van der Waals surface area contributed by atoms with Crippen LogP contribution in [0.4, 0.5) is 18.9 Å². The molecule has 0 unspecified atom stereocenters. The summed E-state index contributed by atoms with van der Waals surface area (Å²) in [5.74, 6) is -0.949. The van der Waals surface area contributed by atoms with Crippen LogP contribution in [-0.4, -0.2) is 23.8 Å². The van der Waals surface area contributed by atoms with Crippen LogP contribution in [0.3, 0.4) is 0 Å². The number of unbranched alkanes of at least 4 members (excludes halogenated alkanes) is 9. The highest BCUT2D eigenvalue weighted by Gasteiger charge is 2.25. The van der Waals surface area contributed by atoms with Gasteiger partial charge in [0, 0.05) is 24.7 Å². The summed E-state index contributed by atoms with van der Waals surface area (Å²) < 4.78 is 36.0. The van der Waals surface area contributed by atoms with Crippen LogP contribution in [-0.2, 0) is 4.79 Å². The first-order valence-corrected chi connectivity index (χ1v) is 11.3. The smallest absolute Gasteiger partial charge is 0.389 e. The lowest BCUT2D eigenvalue weighted by Gasteiger charge is -2.06. The Kier molecular flexibility index (Phi) is 14.2. The Bertz CT molecular complexity index is 652. The number of hydrogen-bond donors (Lipinski definition) is 2. The molecule has 1 aromatic carbocycles. The van der Waals surface area contributed by atoms with Crippen molar-refractivity contribution in [2.45, 2.75) is 83.2 Å². The number of carboxylic acids is 1. The van der Waals surface area contributed by atoms with Crippen LogP contribution >= 0.6 is 0 Å². The zero-order valence-electron chi connectivity index (χ0n) is 18.3. The van der Waals surface area contributed by atoms with Gasteiger partial charge in [0.15, 0.2) is 0 Å². The molecule has 0 spiro atoms. The summed E-state index contributed by atoms with van der Waals surface area (Å²) in [6, 6.07) is 7.70. The second-order valence-corrected chi connectivity index (χ2v) is 7.82. The van der Waals surface area contributed by atoms with E-state index < -0.39 is 18.6 Å². The van der Waals surface area contributed by atoms with Crippen molar-refractivity contribution >= 4 is 17.7 Å². The number of rotatable bonds is 17. The molecular weight excluding hydrogens is 403 g/mol. The van der Waals surface area contributed by atoms with Gasteiger partial charge in [0.1, 0.15) is 0 Å². The summed E-state index contributed by atoms with van der Waals surface area (Å²) >= 11 is 0. The van der Waals surface area contributed by atoms with Crippen molar-refractivity contribution in [1.82, 2.24) is 0 Å². The molecule has 31 heavy (non-hydrogen) atoms. The highest BCUT2D eigenvalue weighted by Crippen LogP contribution is 2.23. The van der Waals surface area contributed by atoms with Crippen molar-refractivity contribution in [3.8, 4) is 0 Å². The van der Waals surface area contributed by atoms with E-state index in [1.54, 1.807) is 6.08 Å². The summed E-state index contributed by atoms with van der Waals surface area (Å²) in [6.07, 6.45) is 13.1. The zero-order chi connectivity index (χ0) is 22.8. The van der Waals surface area contributed by atoms with E-state index in [0.29, 0.717) is 6.42 Å². The molecule has 0 heterocycles. The van der Waals surface area contributed by atoms with Crippen LogP contribution in [0, 0.1) is 0 Å². The zero-order valence-corrected chi connectivity index (χ0v) is 18.3. The monoisotopic (exact) mass is 439 g/mol. The molecule has 1 rings (SSSR count). The van der Waals surface area contributed by atoms with Crippen molar-refractivity contribution in [2.75, 3.05) is 11.9 Å². The lowest BCUT2D eigenvalue weighted by atomic mass is 10.1. The van der Waals surface area contributed by atoms with Gasteiger partial charge in [0.05, 0.1) is 0 Å². The molecule has 1 aromatic rings. The van der Waals surface area contributed by atoms with Gasteiger partial charge in [-0.3, -0.25) is 0 Å². The van der Waals surface area contributed by atoms with Crippen molar-refractivity contribution in [3.05, 3.63) is 48.1 Å².